The van der Waals surface area contributed by atoms with Gasteiger partial charge in [-0.1, -0.05) is 0 Å². The Kier molecular flexibility index (Phi) is 7.68. The predicted molar refractivity (Wildman–Crippen MR) is 101 cm³/mol. The van der Waals surface area contributed by atoms with Gasteiger partial charge in [0.25, 0.3) is 0 Å². The highest BCUT2D eigenvalue weighted by atomic mass is 16.7. The third-order valence-corrected chi connectivity index (χ3v) is 7.32. The summed E-state index contributed by atoms with van der Waals surface area (Å²) in [5, 5.41) is 137. The van der Waals surface area contributed by atoms with E-state index < -0.39 is 111 Å². The van der Waals surface area contributed by atoms with E-state index in [9.17, 15) is 66.4 Å². The molecular formula is C18H32O16. The number of hydrogen-bond acceptors (Lipinski definition) is 16. The molecule has 3 rings (SSSR count). The lowest BCUT2D eigenvalue weighted by atomic mass is 9.58. The highest BCUT2D eigenvalue weighted by Crippen LogP contribution is 2.51. The monoisotopic (exact) mass is 504 g/mol. The normalized spacial score (nSPS) is 56.9. The van der Waals surface area contributed by atoms with E-state index in [0.29, 0.717) is 0 Å². The maximum atomic E-state index is 11.5. The molecular weight excluding hydrogens is 472 g/mol. The number of rotatable bonds is 5. The minimum Gasteiger partial charge on any atom is -0.394 e. The standard InChI is InChI=1S/C18H32O16/c19-1-7-10(23)12(25)18(31,14(27)34-7)17(30)9(3-21)33-5-15(28,13(17)26)16(29)8(2-20)32-4-6(22)11(16)24/h6-14,19-31H,1-5H2/t6-,7+,8+,9+,10+,11+,12-,13+,14-,15-,16-,17-,18+/m0/s1. The Hall–Kier alpha value is -0.640. The first-order chi connectivity index (χ1) is 15.7. The molecule has 16 heteroatoms. The van der Waals surface area contributed by atoms with Crippen molar-refractivity contribution in [1.82, 2.24) is 0 Å². The van der Waals surface area contributed by atoms with Crippen molar-refractivity contribution in [2.75, 3.05) is 33.0 Å². The third kappa shape index (κ3) is 3.39. The van der Waals surface area contributed by atoms with Gasteiger partial charge in [0.1, 0.15) is 48.8 Å². The summed E-state index contributed by atoms with van der Waals surface area (Å²) in [4.78, 5) is 0. The van der Waals surface area contributed by atoms with Crippen LogP contribution in [0.1, 0.15) is 0 Å². The molecule has 0 aromatic heterocycles. The van der Waals surface area contributed by atoms with E-state index >= 15 is 0 Å². The van der Waals surface area contributed by atoms with Crippen LogP contribution in [0.2, 0.25) is 0 Å². The summed E-state index contributed by atoms with van der Waals surface area (Å²) in [5.74, 6) is 0. The van der Waals surface area contributed by atoms with Gasteiger partial charge < -0.3 is 80.6 Å². The van der Waals surface area contributed by atoms with Crippen molar-refractivity contribution in [3.05, 3.63) is 0 Å². The summed E-state index contributed by atoms with van der Waals surface area (Å²) in [6, 6.07) is 0. The molecule has 3 heterocycles. The molecule has 0 bridgehead atoms. The molecule has 0 aromatic carbocycles. The fraction of sp³-hybridized carbons (Fsp3) is 1.00. The summed E-state index contributed by atoms with van der Waals surface area (Å²) in [5.41, 5.74) is -13.7. The first-order valence-electron chi connectivity index (χ1n) is 10.4. The zero-order chi connectivity index (χ0) is 25.9. The van der Waals surface area contributed by atoms with E-state index in [1.807, 2.05) is 0 Å². The fourth-order valence-corrected chi connectivity index (χ4v) is 5.17. The van der Waals surface area contributed by atoms with Gasteiger partial charge in [0, 0.05) is 0 Å². The van der Waals surface area contributed by atoms with Gasteiger partial charge in [-0.15, -0.1) is 0 Å². The zero-order valence-electron chi connectivity index (χ0n) is 17.8. The highest BCUT2D eigenvalue weighted by molar-refractivity contribution is 5.27. The van der Waals surface area contributed by atoms with E-state index in [-0.39, 0.29) is 0 Å². The average molecular weight is 504 g/mol. The molecule has 0 spiro atoms. The number of hydrogen-bond donors (Lipinski definition) is 13. The molecule has 16 nitrogen and oxygen atoms in total. The van der Waals surface area contributed by atoms with Gasteiger partial charge in [0.15, 0.2) is 28.7 Å². The zero-order valence-corrected chi connectivity index (χ0v) is 17.8. The van der Waals surface area contributed by atoms with Crippen LogP contribution in [0.4, 0.5) is 0 Å². The second kappa shape index (κ2) is 9.34. The Labute approximate surface area is 192 Å². The van der Waals surface area contributed by atoms with Gasteiger partial charge in [0.2, 0.25) is 0 Å². The molecule has 0 unspecified atom stereocenters. The number of ether oxygens (including phenoxy) is 3. The maximum Gasteiger partial charge on any atom is 0.190 e. The minimum atomic E-state index is -3.58. The number of aliphatic hydroxyl groups excluding tert-OH is 9. The topological polar surface area (TPSA) is 291 Å². The molecule has 3 saturated heterocycles. The fourth-order valence-electron chi connectivity index (χ4n) is 5.17. The van der Waals surface area contributed by atoms with Crippen molar-refractivity contribution < 1.29 is 80.6 Å². The van der Waals surface area contributed by atoms with Crippen LogP contribution in [-0.2, 0) is 14.2 Å². The van der Waals surface area contributed by atoms with Gasteiger partial charge in [-0.25, -0.2) is 0 Å². The van der Waals surface area contributed by atoms with Crippen LogP contribution >= 0.6 is 0 Å². The Morgan fingerprint density at radius 3 is 1.76 bits per heavy atom. The largest absolute Gasteiger partial charge is 0.394 e. The van der Waals surface area contributed by atoms with Crippen molar-refractivity contribution in [3.63, 3.8) is 0 Å². The summed E-state index contributed by atoms with van der Waals surface area (Å²) in [7, 11) is 0. The van der Waals surface area contributed by atoms with E-state index in [1.54, 1.807) is 0 Å². The van der Waals surface area contributed by atoms with Gasteiger partial charge in [-0.2, -0.15) is 0 Å². The van der Waals surface area contributed by atoms with E-state index in [4.69, 9.17) is 14.2 Å². The van der Waals surface area contributed by atoms with Crippen molar-refractivity contribution in [1.29, 1.82) is 0 Å². The average Bonchev–Trinajstić information content (AvgIpc) is 2.82. The second-order valence-electron chi connectivity index (χ2n) is 8.95. The summed E-state index contributed by atoms with van der Waals surface area (Å²) in [6.45, 7) is -5.10. The first kappa shape index (κ1) is 27.9. The van der Waals surface area contributed by atoms with Crippen LogP contribution in [0.3, 0.4) is 0 Å². The Balaban J connectivity index is 2.17. The molecule has 200 valence electrons. The predicted octanol–water partition coefficient (Wildman–Crippen LogP) is -8.79. The van der Waals surface area contributed by atoms with Gasteiger partial charge in [-0.05, 0) is 0 Å². The summed E-state index contributed by atoms with van der Waals surface area (Å²) in [6.07, 6.45) is -20.4. The van der Waals surface area contributed by atoms with Crippen LogP contribution in [0.25, 0.3) is 0 Å². The van der Waals surface area contributed by atoms with Crippen LogP contribution in [-0.4, -0.2) is 177 Å². The molecule has 3 aliphatic heterocycles. The van der Waals surface area contributed by atoms with E-state index in [0.717, 1.165) is 0 Å². The molecule has 0 aromatic rings. The third-order valence-electron chi connectivity index (χ3n) is 7.32. The molecule has 13 atom stereocenters. The van der Waals surface area contributed by atoms with Gasteiger partial charge in [-0.3, -0.25) is 0 Å². The van der Waals surface area contributed by atoms with Crippen LogP contribution < -0.4 is 0 Å². The Morgan fingerprint density at radius 2 is 1.24 bits per heavy atom. The molecule has 3 fully saturated rings. The van der Waals surface area contributed by atoms with E-state index in [2.05, 4.69) is 0 Å². The van der Waals surface area contributed by atoms with Crippen molar-refractivity contribution in [2.45, 2.75) is 77.5 Å². The van der Waals surface area contributed by atoms with E-state index in [1.165, 1.54) is 0 Å². The second-order valence-corrected chi connectivity index (χ2v) is 8.95. The molecule has 3 aliphatic rings. The molecule has 34 heavy (non-hydrogen) atoms. The Bertz CT molecular complexity index is 724. The molecule has 13 N–H and O–H groups in total. The maximum absolute atomic E-state index is 11.5. The lowest BCUT2D eigenvalue weighted by Crippen LogP contribution is -2.90. The lowest BCUT2D eigenvalue weighted by molar-refractivity contribution is -0.434. The van der Waals surface area contributed by atoms with Crippen LogP contribution in [0, 0.1) is 0 Å². The Morgan fingerprint density at radius 1 is 0.676 bits per heavy atom. The quantitative estimate of drug-likeness (QED) is 0.165. The smallest absolute Gasteiger partial charge is 0.190 e. The highest BCUT2D eigenvalue weighted by Gasteiger charge is 2.79. The first-order valence-corrected chi connectivity index (χ1v) is 10.4. The van der Waals surface area contributed by atoms with Crippen molar-refractivity contribution in [3.8, 4) is 0 Å². The van der Waals surface area contributed by atoms with Crippen LogP contribution in [0.15, 0.2) is 0 Å². The van der Waals surface area contributed by atoms with Gasteiger partial charge in [0.05, 0.1) is 33.0 Å². The van der Waals surface area contributed by atoms with Gasteiger partial charge >= 0.3 is 0 Å². The lowest BCUT2D eigenvalue weighted by Gasteiger charge is -2.64. The summed E-state index contributed by atoms with van der Waals surface area (Å²) >= 11 is 0. The molecule has 0 radical (unpaired) electrons. The molecule has 0 saturated carbocycles. The van der Waals surface area contributed by atoms with Crippen molar-refractivity contribution in [2.24, 2.45) is 0 Å². The molecule has 0 aliphatic carbocycles. The minimum absolute atomic E-state index is 0.616. The van der Waals surface area contributed by atoms with Crippen molar-refractivity contribution >= 4 is 0 Å². The van der Waals surface area contributed by atoms with Crippen LogP contribution in [0.5, 0.6) is 0 Å². The molecule has 0 amide bonds. The summed E-state index contributed by atoms with van der Waals surface area (Å²) < 4.78 is 15.1. The SMILES string of the molecule is OC[C@H]1O[C@H](O)[C@@](O)([C@]2(O)[C@@H](CO)OC[C@@](O)([C@@]3(O)[C@H](O)[C@@H](O)CO[C@@H]3CO)[C@H]2O)[C@@H](O)[C@@H]1O. The number of aliphatic hydroxyl groups is 13.